The van der Waals surface area contributed by atoms with Crippen molar-refractivity contribution in [3.8, 4) is 0 Å². The number of hydrogen-bond donors (Lipinski definition) is 0. The molecule has 0 aromatic heterocycles. The van der Waals surface area contributed by atoms with E-state index in [2.05, 4.69) is 53.2 Å². The van der Waals surface area contributed by atoms with Crippen LogP contribution in [0.5, 0.6) is 0 Å². The minimum atomic E-state index is 0.622. The second kappa shape index (κ2) is 9.36. The molecule has 2 unspecified atom stereocenters. The van der Waals surface area contributed by atoms with Gasteiger partial charge in [-0.25, -0.2) is 0 Å². The molecular weight excluding hydrogens is 240 g/mol. The van der Waals surface area contributed by atoms with Gasteiger partial charge in [0.15, 0.2) is 0 Å². The van der Waals surface area contributed by atoms with Crippen molar-refractivity contribution in [1.82, 2.24) is 0 Å². The largest absolute Gasteiger partial charge is 0.0991 e. The summed E-state index contributed by atoms with van der Waals surface area (Å²) in [5, 5.41) is 0. The molecular formula is C20H30. The molecule has 0 heteroatoms. The monoisotopic (exact) mass is 270 g/mol. The molecule has 0 nitrogen and oxygen atoms in total. The Morgan fingerprint density at radius 3 is 1.95 bits per heavy atom. The summed E-state index contributed by atoms with van der Waals surface area (Å²) in [4.78, 5) is 0. The normalized spacial score (nSPS) is 14.1. The van der Waals surface area contributed by atoms with Crippen LogP contribution in [-0.2, 0) is 0 Å². The number of rotatable bonds is 9. The van der Waals surface area contributed by atoms with E-state index in [1.807, 2.05) is 25.2 Å². The Kier molecular flexibility index (Phi) is 8.63. The zero-order valence-electron chi connectivity index (χ0n) is 13.7. The van der Waals surface area contributed by atoms with E-state index < -0.39 is 0 Å². The van der Waals surface area contributed by atoms with Gasteiger partial charge in [-0.05, 0) is 41.9 Å². The van der Waals surface area contributed by atoms with Crippen LogP contribution in [0.1, 0.15) is 40.5 Å². The second-order valence-electron chi connectivity index (χ2n) is 5.51. The molecule has 110 valence electrons. The maximum Gasteiger partial charge on any atom is -0.0129 e. The Morgan fingerprint density at radius 2 is 1.60 bits per heavy atom. The molecule has 2 atom stereocenters. The molecule has 0 saturated carbocycles. The first-order chi connectivity index (χ1) is 9.42. The molecule has 0 amide bonds. The van der Waals surface area contributed by atoms with Crippen LogP contribution in [0.4, 0.5) is 0 Å². The Balaban J connectivity index is 5.66. The molecule has 0 aliphatic heterocycles. The van der Waals surface area contributed by atoms with E-state index in [4.69, 9.17) is 0 Å². The minimum absolute atomic E-state index is 0.622. The van der Waals surface area contributed by atoms with Gasteiger partial charge in [0, 0.05) is 0 Å². The Hall–Kier alpha value is -1.56. The lowest BCUT2D eigenvalue weighted by atomic mass is 9.83. The quantitative estimate of drug-likeness (QED) is 0.424. The first-order valence-electron chi connectivity index (χ1n) is 7.39. The Labute approximate surface area is 126 Å². The summed E-state index contributed by atoms with van der Waals surface area (Å²) in [5.74, 6) is 1.32. The summed E-state index contributed by atoms with van der Waals surface area (Å²) < 4.78 is 0. The molecule has 0 rings (SSSR count). The van der Waals surface area contributed by atoms with Crippen molar-refractivity contribution in [2.75, 3.05) is 0 Å². The zero-order chi connectivity index (χ0) is 15.7. The van der Waals surface area contributed by atoms with Crippen LogP contribution in [-0.4, -0.2) is 0 Å². The van der Waals surface area contributed by atoms with Gasteiger partial charge in [-0.1, -0.05) is 83.4 Å². The predicted molar refractivity (Wildman–Crippen MR) is 93.8 cm³/mol. The van der Waals surface area contributed by atoms with E-state index in [1.165, 1.54) is 12.0 Å². The van der Waals surface area contributed by atoms with Crippen LogP contribution >= 0.6 is 0 Å². The summed E-state index contributed by atoms with van der Waals surface area (Å²) in [5.41, 5.74) is 4.52. The Morgan fingerprint density at radius 1 is 1.05 bits per heavy atom. The lowest BCUT2D eigenvalue weighted by Crippen LogP contribution is -2.09. The van der Waals surface area contributed by atoms with E-state index in [-0.39, 0.29) is 0 Å². The van der Waals surface area contributed by atoms with E-state index >= 15 is 0 Å². The highest BCUT2D eigenvalue weighted by Gasteiger charge is 2.16. The van der Waals surface area contributed by atoms with Crippen molar-refractivity contribution >= 4 is 0 Å². The lowest BCUT2D eigenvalue weighted by molar-refractivity contribution is 0.375. The van der Waals surface area contributed by atoms with Crippen LogP contribution in [0.15, 0.2) is 72.9 Å². The maximum atomic E-state index is 4.12. The molecule has 0 N–H and O–H groups in total. The average Bonchev–Trinajstić information content (AvgIpc) is 2.42. The Bertz CT molecular complexity index is 419. The van der Waals surface area contributed by atoms with Crippen LogP contribution < -0.4 is 0 Å². The van der Waals surface area contributed by atoms with Crippen molar-refractivity contribution in [3.05, 3.63) is 72.9 Å². The van der Waals surface area contributed by atoms with Gasteiger partial charge in [-0.2, -0.15) is 0 Å². The van der Waals surface area contributed by atoms with Crippen LogP contribution in [0, 0.1) is 11.8 Å². The molecule has 0 saturated heterocycles. The second-order valence-corrected chi connectivity index (χ2v) is 5.51. The zero-order valence-corrected chi connectivity index (χ0v) is 13.7. The SMILES string of the molecule is C=C/C=C(/CC(C)C(C)CC)C(C(=C)C)=C(C=C)C=C. The van der Waals surface area contributed by atoms with Crippen LogP contribution in [0.2, 0.25) is 0 Å². The van der Waals surface area contributed by atoms with Crippen molar-refractivity contribution in [3.63, 3.8) is 0 Å². The van der Waals surface area contributed by atoms with E-state index in [0.29, 0.717) is 11.8 Å². The average molecular weight is 270 g/mol. The first kappa shape index (κ1) is 18.4. The van der Waals surface area contributed by atoms with Gasteiger partial charge in [-0.3, -0.25) is 0 Å². The third-order valence-corrected chi connectivity index (χ3v) is 3.95. The summed E-state index contributed by atoms with van der Waals surface area (Å²) in [6.07, 6.45) is 9.86. The van der Waals surface area contributed by atoms with Crippen molar-refractivity contribution in [2.45, 2.75) is 40.5 Å². The predicted octanol–water partition coefficient (Wildman–Crippen LogP) is 6.42. The summed E-state index contributed by atoms with van der Waals surface area (Å²) in [6, 6.07) is 0. The van der Waals surface area contributed by atoms with E-state index in [9.17, 15) is 0 Å². The lowest BCUT2D eigenvalue weighted by Gasteiger charge is -2.22. The highest BCUT2D eigenvalue weighted by atomic mass is 14.2. The number of hydrogen-bond acceptors (Lipinski definition) is 0. The summed E-state index contributed by atoms with van der Waals surface area (Å²) in [7, 11) is 0. The van der Waals surface area contributed by atoms with Gasteiger partial charge in [0.05, 0.1) is 0 Å². The standard InChI is InChI=1S/C20H30/c1-9-13-19(14-17(8)16(7)10-2)20(15(5)6)18(11-3)12-4/h9,11-13,16-17H,1,3-5,10,14H2,2,6-8H3/b19-13-. The molecule has 0 radical (unpaired) electrons. The molecule has 0 aromatic rings. The molecule has 0 aliphatic rings. The van der Waals surface area contributed by atoms with Gasteiger partial charge in [0.25, 0.3) is 0 Å². The fraction of sp³-hybridized carbons (Fsp3) is 0.400. The molecule has 20 heavy (non-hydrogen) atoms. The van der Waals surface area contributed by atoms with Gasteiger partial charge < -0.3 is 0 Å². The van der Waals surface area contributed by atoms with Crippen molar-refractivity contribution in [2.24, 2.45) is 11.8 Å². The topological polar surface area (TPSA) is 0 Å². The van der Waals surface area contributed by atoms with Crippen LogP contribution in [0.25, 0.3) is 0 Å². The van der Waals surface area contributed by atoms with Gasteiger partial charge in [0.1, 0.15) is 0 Å². The highest BCUT2D eigenvalue weighted by molar-refractivity contribution is 5.54. The van der Waals surface area contributed by atoms with Gasteiger partial charge >= 0.3 is 0 Å². The molecule has 0 spiro atoms. The molecule has 0 fully saturated rings. The fourth-order valence-electron chi connectivity index (χ4n) is 2.34. The van der Waals surface area contributed by atoms with Crippen LogP contribution in [0.3, 0.4) is 0 Å². The first-order valence-corrected chi connectivity index (χ1v) is 7.39. The molecule has 0 bridgehead atoms. The minimum Gasteiger partial charge on any atom is -0.0991 e. The third kappa shape index (κ3) is 5.21. The third-order valence-electron chi connectivity index (χ3n) is 3.95. The van der Waals surface area contributed by atoms with E-state index in [1.54, 1.807) is 0 Å². The molecule has 0 heterocycles. The number of allylic oxidation sites excluding steroid dienone is 8. The maximum absolute atomic E-state index is 4.12. The van der Waals surface area contributed by atoms with Crippen molar-refractivity contribution in [1.29, 1.82) is 0 Å². The van der Waals surface area contributed by atoms with Gasteiger partial charge in [0.2, 0.25) is 0 Å². The molecule has 0 aliphatic carbocycles. The molecule has 0 aromatic carbocycles. The van der Waals surface area contributed by atoms with Crippen molar-refractivity contribution < 1.29 is 0 Å². The highest BCUT2D eigenvalue weighted by Crippen LogP contribution is 2.31. The fourth-order valence-corrected chi connectivity index (χ4v) is 2.34. The summed E-state index contributed by atoms with van der Waals surface area (Å²) in [6.45, 7) is 24.6. The van der Waals surface area contributed by atoms with E-state index in [0.717, 1.165) is 23.1 Å². The summed E-state index contributed by atoms with van der Waals surface area (Å²) >= 11 is 0. The van der Waals surface area contributed by atoms with Gasteiger partial charge in [-0.15, -0.1) is 0 Å². The smallest absolute Gasteiger partial charge is 0.0129 e.